The van der Waals surface area contributed by atoms with Crippen molar-refractivity contribution < 1.29 is 75.0 Å². The molecule has 4 aliphatic heterocycles. The Morgan fingerprint density at radius 2 is 0.747 bits per heavy atom. The number of aliphatic imine (C=N–C) groups is 2. The predicted molar refractivity (Wildman–Crippen MR) is 420 cm³/mol. The molecule has 8 aromatic rings. The molecule has 0 N–H and O–H groups in total. The number of aryl methyl sites for hydroxylation is 2. The standard InChI is InChI=1S/C22H25.C20H21.2C14H22O.2C10H11NSi.ClH.2Zr/c1-5-7-16-14-18-8-6-9-20(21(18)15-16)17-10-12-19(13-11-17)22(2,3)4;1-14-12-16-6-5-7-18(19(16)13-14)15-8-10-17(11-9-15)20(2,3)4;2*1-13(2,3)10-7-8-12(15)11(9-10)14(4,5)6;2*1-6-10-9-7(11-6)4-5-8(9)12(10,2)3;;;/h6,8-15H,5,7H2,1-4H3;5-13H,1-4H3;2*7-9,15H,1-6H3;2*4-5H,1-3H3;1H;;/q2*-1;;;;;;;/p-3. The van der Waals surface area contributed by atoms with E-state index in [0.717, 1.165) is 17.5 Å². The van der Waals surface area contributed by atoms with Crippen LogP contribution in [0.4, 0.5) is 0 Å². The molecule has 0 amide bonds. The molecular formula is C90H110ClN2O2Si2Zr2-5. The molecule has 4 nitrogen and oxygen atoms in total. The van der Waals surface area contributed by atoms with Crippen molar-refractivity contribution in [3.8, 4) is 33.8 Å². The number of hydrogen-bond acceptors (Lipinski definition) is 4. The summed E-state index contributed by atoms with van der Waals surface area (Å²) in [6, 6.07) is 51.9. The van der Waals surface area contributed by atoms with Gasteiger partial charge in [0.1, 0.15) is 16.1 Å². The van der Waals surface area contributed by atoms with E-state index in [9.17, 15) is 10.2 Å². The first-order valence-electron chi connectivity index (χ1n) is 35.1. The van der Waals surface area contributed by atoms with Gasteiger partial charge in [0.15, 0.2) is 0 Å². The van der Waals surface area contributed by atoms with Gasteiger partial charge in [0.25, 0.3) is 0 Å². The number of benzene rings is 6. The van der Waals surface area contributed by atoms with Gasteiger partial charge in [-0.2, -0.15) is 12.1 Å². The maximum atomic E-state index is 11.7. The van der Waals surface area contributed by atoms with E-state index < -0.39 is 16.1 Å². The Morgan fingerprint density at radius 1 is 0.404 bits per heavy atom. The fourth-order valence-corrected chi connectivity index (χ4v) is 20.9. The molecule has 4 heterocycles. The number of hydrogen-bond donors (Lipinski definition) is 0. The van der Waals surface area contributed by atoms with Gasteiger partial charge in [0.05, 0.1) is 11.4 Å². The Labute approximate surface area is 643 Å². The molecule has 520 valence electrons. The quantitative estimate of drug-likeness (QED) is 0.130. The normalized spacial score (nSPS) is 15.7. The van der Waals surface area contributed by atoms with Crippen LogP contribution in [0.5, 0.6) is 11.5 Å². The van der Waals surface area contributed by atoms with Crippen molar-refractivity contribution in [3.05, 3.63) is 258 Å². The van der Waals surface area contributed by atoms with Crippen LogP contribution in [-0.4, -0.2) is 27.6 Å². The van der Waals surface area contributed by atoms with Gasteiger partial charge < -0.3 is 22.6 Å². The van der Waals surface area contributed by atoms with Crippen molar-refractivity contribution in [3.63, 3.8) is 0 Å². The summed E-state index contributed by atoms with van der Waals surface area (Å²) in [6.45, 7) is 57.4. The SMILES string of the molecule is CC(C)(C)c1ccc([O-])c(C(C)(C)C)c1.CC(C)(C)c1ccc([O-])c(C(C)(C)C)c1.CC1=NC2=CC=C3C2=C1[Si]3(C)C.CC1=NC2=CC=C3C2=C1[Si]3(C)C.CCCc1cc2c(-c3ccc(C(C)(C)C)cc3)cccc2[cH-]1.Cc1cc2c(-c3ccc(C(C)(C)C)cc3)cccc2[cH-]1.[Cl-].[Zr].[Zr]. The molecule has 0 saturated heterocycles. The number of nitrogens with zero attached hydrogens (tertiary/aromatic N) is 2. The summed E-state index contributed by atoms with van der Waals surface area (Å²) in [6.07, 6.45) is 11.3. The van der Waals surface area contributed by atoms with Gasteiger partial charge in [-0.3, -0.25) is 9.98 Å². The second-order valence-electron chi connectivity index (χ2n) is 34.7. The first kappa shape index (κ1) is 82.4. The molecule has 9 heteroatoms. The first-order valence-corrected chi connectivity index (χ1v) is 41.1. The predicted octanol–water partition coefficient (Wildman–Crippen LogP) is 20.8. The average molecular weight is 1530 g/mol. The third kappa shape index (κ3) is 17.9. The van der Waals surface area contributed by atoms with Crippen molar-refractivity contribution in [1.29, 1.82) is 0 Å². The molecule has 0 spiro atoms. The molecule has 0 bridgehead atoms. The minimum Gasteiger partial charge on any atom is -1.00 e. The zero-order chi connectivity index (χ0) is 70.8. The van der Waals surface area contributed by atoms with Crippen LogP contribution >= 0.6 is 0 Å². The molecule has 0 aromatic heterocycles. The number of allylic oxidation sites excluding steroid dienone is 8. The van der Waals surface area contributed by atoms with Gasteiger partial charge in [0, 0.05) is 75.0 Å². The fourth-order valence-electron chi connectivity index (χ4n) is 14.3. The molecule has 0 saturated carbocycles. The summed E-state index contributed by atoms with van der Waals surface area (Å²) in [7, 11) is -2.35. The van der Waals surface area contributed by atoms with Crippen LogP contribution in [-0.2, 0) is 91.3 Å². The van der Waals surface area contributed by atoms with E-state index in [2.05, 4.69) is 334 Å². The van der Waals surface area contributed by atoms with E-state index in [1.807, 2.05) is 12.1 Å². The van der Waals surface area contributed by atoms with Crippen molar-refractivity contribution in [2.45, 2.75) is 224 Å². The smallest absolute Gasteiger partial charge is 0.116 e. The topological polar surface area (TPSA) is 70.8 Å². The summed E-state index contributed by atoms with van der Waals surface area (Å²) in [5.41, 5.74) is 23.6. The average Bonchev–Trinajstić information content (AvgIpc) is 1.55. The van der Waals surface area contributed by atoms with Gasteiger partial charge in [-0.15, -0.1) is 80.6 Å². The van der Waals surface area contributed by atoms with Crippen LogP contribution in [0.2, 0.25) is 26.2 Å². The van der Waals surface area contributed by atoms with Crippen molar-refractivity contribution in [2.24, 2.45) is 9.98 Å². The van der Waals surface area contributed by atoms with Crippen LogP contribution in [0, 0.1) is 6.92 Å². The van der Waals surface area contributed by atoms with E-state index in [1.165, 1.54) is 118 Å². The Bertz CT molecular complexity index is 4390. The van der Waals surface area contributed by atoms with Crippen LogP contribution < -0.4 is 22.6 Å². The minimum absolute atomic E-state index is 0. The summed E-state index contributed by atoms with van der Waals surface area (Å²) < 4.78 is 0. The third-order valence-corrected chi connectivity index (χ3v) is 27.2. The zero-order valence-corrected chi connectivity index (χ0v) is 72.3. The van der Waals surface area contributed by atoms with Crippen LogP contribution in [0.3, 0.4) is 0 Å². The Hall–Kier alpha value is -5.59. The summed E-state index contributed by atoms with van der Waals surface area (Å²) >= 11 is 0. The molecule has 6 aliphatic rings. The number of fused-ring (bicyclic) bond motifs is 2. The van der Waals surface area contributed by atoms with Gasteiger partial charge in [-0.25, -0.2) is 0 Å². The van der Waals surface area contributed by atoms with Gasteiger partial charge in [-0.05, 0) is 119 Å². The van der Waals surface area contributed by atoms with Gasteiger partial charge in [-0.1, -0.05) is 303 Å². The van der Waals surface area contributed by atoms with Gasteiger partial charge in [0.2, 0.25) is 0 Å². The molecule has 14 rings (SSSR count). The molecule has 0 atom stereocenters. The molecule has 8 aromatic carbocycles. The van der Waals surface area contributed by atoms with E-state index in [4.69, 9.17) is 0 Å². The Morgan fingerprint density at radius 3 is 1.09 bits per heavy atom. The van der Waals surface area contributed by atoms with Crippen molar-refractivity contribution in [1.82, 2.24) is 0 Å². The second-order valence-corrected chi connectivity index (χ2v) is 43.3. The third-order valence-electron chi connectivity index (χ3n) is 19.9. The maximum absolute atomic E-state index is 11.7. The van der Waals surface area contributed by atoms with Crippen LogP contribution in [0.25, 0.3) is 43.8 Å². The second kappa shape index (κ2) is 30.8. The molecule has 0 radical (unpaired) electrons. The first-order chi connectivity index (χ1) is 44.4. The monoisotopic (exact) mass is 1520 g/mol. The van der Waals surface area contributed by atoms with Crippen LogP contribution in [0.1, 0.15) is 196 Å². The minimum atomic E-state index is -1.17. The van der Waals surface area contributed by atoms with Gasteiger partial charge >= 0.3 is 0 Å². The summed E-state index contributed by atoms with van der Waals surface area (Å²) in [5.74, 6) is 0.297. The zero-order valence-electron chi connectivity index (χ0n) is 64.7. The van der Waals surface area contributed by atoms with Crippen LogP contribution in [0.15, 0.2) is 223 Å². The van der Waals surface area contributed by atoms with E-state index in [1.54, 1.807) is 32.9 Å². The molecule has 0 fully saturated rings. The summed E-state index contributed by atoms with van der Waals surface area (Å²) in [5, 5.41) is 35.4. The van der Waals surface area contributed by atoms with Crippen molar-refractivity contribution in [2.75, 3.05) is 0 Å². The summed E-state index contributed by atoms with van der Waals surface area (Å²) in [4.78, 5) is 9.11. The molecule has 2 aliphatic carbocycles. The number of halogens is 1. The Kier molecular flexibility index (Phi) is 25.6. The van der Waals surface area contributed by atoms with E-state index in [-0.39, 0.29) is 109 Å². The molecule has 99 heavy (non-hydrogen) atoms. The fraction of sp³-hybridized carbons (Fsp3) is 0.378. The maximum Gasteiger partial charge on any atom is 0.116 e. The van der Waals surface area contributed by atoms with Crippen molar-refractivity contribution >= 4 is 49.1 Å². The Balaban J connectivity index is 0.000000189. The molecule has 0 unspecified atom stereocenters. The molecular weight excluding hydrogens is 1420 g/mol. The largest absolute Gasteiger partial charge is 1.00 e. The number of rotatable bonds is 4. The van der Waals surface area contributed by atoms with E-state index >= 15 is 0 Å². The van der Waals surface area contributed by atoms with E-state index in [0.29, 0.717) is 0 Å².